The van der Waals surface area contributed by atoms with Gasteiger partial charge < -0.3 is 19.4 Å². The van der Waals surface area contributed by atoms with Crippen LogP contribution in [0.5, 0.6) is 0 Å². The predicted molar refractivity (Wildman–Crippen MR) is 96.3 cm³/mol. The molecule has 0 amide bonds. The molecule has 2 fully saturated rings. The van der Waals surface area contributed by atoms with E-state index in [2.05, 4.69) is 31.6 Å². The smallest absolute Gasteiger partial charge is 0.227 e. The second-order valence-electron chi connectivity index (χ2n) is 6.04. The lowest BCUT2D eigenvalue weighted by Gasteiger charge is -2.35. The summed E-state index contributed by atoms with van der Waals surface area (Å²) in [5.41, 5.74) is 0. The van der Waals surface area contributed by atoms with Crippen LogP contribution in [0.3, 0.4) is 0 Å². The van der Waals surface area contributed by atoms with Gasteiger partial charge in [-0.25, -0.2) is 9.97 Å². The summed E-state index contributed by atoms with van der Waals surface area (Å²) in [6.07, 6.45) is 3.81. The van der Waals surface area contributed by atoms with E-state index in [1.54, 1.807) is 11.3 Å². The third kappa shape index (κ3) is 3.29. The van der Waals surface area contributed by atoms with Gasteiger partial charge >= 0.3 is 0 Å². The number of hydrogen-bond donors (Lipinski definition) is 0. The highest BCUT2D eigenvalue weighted by atomic mass is 32.1. The highest BCUT2D eigenvalue weighted by molar-refractivity contribution is 7.15. The molecule has 0 N–H and O–H groups in total. The molecule has 4 rings (SSSR count). The van der Waals surface area contributed by atoms with E-state index < -0.39 is 0 Å². The quantitative estimate of drug-likeness (QED) is 0.833. The summed E-state index contributed by atoms with van der Waals surface area (Å²) in [6, 6.07) is 1.99. The zero-order chi connectivity index (χ0) is 16.4. The van der Waals surface area contributed by atoms with E-state index in [0.29, 0.717) is 0 Å². The Kier molecular flexibility index (Phi) is 4.48. The molecule has 0 aliphatic carbocycles. The SMILES string of the molecule is Cc1cnc(N2CCN(c3nccc(N4CCOCC4)n3)CC2)s1. The molecule has 0 spiro atoms. The highest BCUT2D eigenvalue weighted by Crippen LogP contribution is 2.24. The maximum Gasteiger partial charge on any atom is 0.227 e. The Bertz CT molecular complexity index is 679. The third-order valence-electron chi connectivity index (χ3n) is 4.41. The molecule has 4 heterocycles. The summed E-state index contributed by atoms with van der Waals surface area (Å²) in [5.74, 6) is 1.83. The van der Waals surface area contributed by atoms with Gasteiger partial charge in [-0.3, -0.25) is 0 Å². The summed E-state index contributed by atoms with van der Waals surface area (Å²) < 4.78 is 5.42. The van der Waals surface area contributed by atoms with Gasteiger partial charge in [-0.05, 0) is 13.0 Å². The Morgan fingerprint density at radius 3 is 2.42 bits per heavy atom. The van der Waals surface area contributed by atoms with E-state index in [-0.39, 0.29) is 0 Å². The Balaban J connectivity index is 1.42. The minimum Gasteiger partial charge on any atom is -0.378 e. The van der Waals surface area contributed by atoms with E-state index in [1.807, 2.05) is 18.5 Å². The maximum absolute atomic E-state index is 5.42. The first kappa shape index (κ1) is 15.6. The molecule has 0 saturated carbocycles. The summed E-state index contributed by atoms with van der Waals surface area (Å²) in [4.78, 5) is 21.9. The average Bonchev–Trinajstić information content (AvgIpc) is 3.09. The molecular formula is C16H22N6OS. The molecule has 2 aromatic heterocycles. The Hall–Kier alpha value is -1.93. The van der Waals surface area contributed by atoms with E-state index in [4.69, 9.17) is 9.72 Å². The van der Waals surface area contributed by atoms with Crippen LogP contribution in [0, 0.1) is 6.92 Å². The topological polar surface area (TPSA) is 57.6 Å². The first-order chi connectivity index (χ1) is 11.8. The number of piperazine rings is 1. The highest BCUT2D eigenvalue weighted by Gasteiger charge is 2.22. The summed E-state index contributed by atoms with van der Waals surface area (Å²) in [7, 11) is 0. The molecule has 0 radical (unpaired) electrons. The normalized spacial score (nSPS) is 19.0. The monoisotopic (exact) mass is 346 g/mol. The van der Waals surface area contributed by atoms with E-state index >= 15 is 0 Å². The van der Waals surface area contributed by atoms with Gasteiger partial charge in [-0.15, -0.1) is 11.3 Å². The van der Waals surface area contributed by atoms with Crippen LogP contribution in [-0.2, 0) is 4.74 Å². The molecule has 2 aliphatic heterocycles. The maximum atomic E-state index is 5.42. The number of rotatable bonds is 3. The fourth-order valence-corrected chi connectivity index (χ4v) is 3.86. The number of aryl methyl sites for hydroxylation is 1. The van der Waals surface area contributed by atoms with Crippen LogP contribution < -0.4 is 14.7 Å². The van der Waals surface area contributed by atoms with Crippen molar-refractivity contribution in [2.24, 2.45) is 0 Å². The van der Waals surface area contributed by atoms with E-state index in [0.717, 1.165) is 69.4 Å². The van der Waals surface area contributed by atoms with Gasteiger partial charge in [0.2, 0.25) is 5.95 Å². The largest absolute Gasteiger partial charge is 0.378 e. The van der Waals surface area contributed by atoms with Crippen molar-refractivity contribution in [2.75, 3.05) is 67.2 Å². The van der Waals surface area contributed by atoms with E-state index in [1.165, 1.54) is 4.88 Å². The van der Waals surface area contributed by atoms with Crippen LogP contribution in [0.1, 0.15) is 4.88 Å². The van der Waals surface area contributed by atoms with Gasteiger partial charge in [0.25, 0.3) is 0 Å². The zero-order valence-corrected chi connectivity index (χ0v) is 14.7. The lowest BCUT2D eigenvalue weighted by molar-refractivity contribution is 0.122. The number of aromatic nitrogens is 3. The molecule has 0 aromatic carbocycles. The van der Waals surface area contributed by atoms with Crippen molar-refractivity contribution in [1.29, 1.82) is 0 Å². The molecule has 2 aromatic rings. The minimum atomic E-state index is 0.769. The van der Waals surface area contributed by atoms with Crippen molar-refractivity contribution in [2.45, 2.75) is 6.92 Å². The molecule has 128 valence electrons. The van der Waals surface area contributed by atoms with Gasteiger partial charge in [0.15, 0.2) is 5.13 Å². The molecule has 7 nitrogen and oxygen atoms in total. The van der Waals surface area contributed by atoms with Gasteiger partial charge in [0.1, 0.15) is 5.82 Å². The predicted octanol–water partition coefficient (Wildman–Crippen LogP) is 1.40. The average molecular weight is 346 g/mol. The van der Waals surface area contributed by atoms with Crippen molar-refractivity contribution in [1.82, 2.24) is 15.0 Å². The van der Waals surface area contributed by atoms with Crippen LogP contribution in [0.15, 0.2) is 18.5 Å². The van der Waals surface area contributed by atoms with E-state index in [9.17, 15) is 0 Å². The Labute approximate surface area is 145 Å². The van der Waals surface area contributed by atoms with Crippen LogP contribution >= 0.6 is 11.3 Å². The number of ether oxygens (including phenoxy) is 1. The standard InChI is InChI=1S/C16H22N6OS/c1-13-12-18-16(24-13)22-6-4-21(5-7-22)15-17-3-2-14(19-15)20-8-10-23-11-9-20/h2-3,12H,4-11H2,1H3. The van der Waals surface area contributed by atoms with Crippen LogP contribution in [0.4, 0.5) is 16.9 Å². The lowest BCUT2D eigenvalue weighted by atomic mass is 10.3. The van der Waals surface area contributed by atoms with Crippen molar-refractivity contribution in [3.8, 4) is 0 Å². The fourth-order valence-electron chi connectivity index (χ4n) is 3.05. The molecular weight excluding hydrogens is 324 g/mol. The van der Waals surface area contributed by atoms with Gasteiger partial charge in [0, 0.05) is 56.5 Å². The molecule has 0 bridgehead atoms. The van der Waals surface area contributed by atoms with Crippen LogP contribution in [0.2, 0.25) is 0 Å². The van der Waals surface area contributed by atoms with Crippen LogP contribution in [0.25, 0.3) is 0 Å². The fraction of sp³-hybridized carbons (Fsp3) is 0.562. The second kappa shape index (κ2) is 6.90. The first-order valence-electron chi connectivity index (χ1n) is 8.38. The molecule has 0 atom stereocenters. The summed E-state index contributed by atoms with van der Waals surface area (Å²) >= 11 is 1.76. The number of thiazole rings is 1. The summed E-state index contributed by atoms with van der Waals surface area (Å²) in [6.45, 7) is 9.19. The van der Waals surface area contributed by atoms with Crippen LogP contribution in [-0.4, -0.2) is 67.4 Å². The van der Waals surface area contributed by atoms with Crippen molar-refractivity contribution in [3.63, 3.8) is 0 Å². The molecule has 2 saturated heterocycles. The third-order valence-corrected chi connectivity index (χ3v) is 5.38. The Morgan fingerprint density at radius 2 is 1.71 bits per heavy atom. The van der Waals surface area contributed by atoms with Gasteiger partial charge in [0.05, 0.1) is 13.2 Å². The molecule has 24 heavy (non-hydrogen) atoms. The van der Waals surface area contributed by atoms with Crippen molar-refractivity contribution < 1.29 is 4.74 Å². The van der Waals surface area contributed by atoms with Crippen molar-refractivity contribution in [3.05, 3.63) is 23.3 Å². The number of hydrogen-bond acceptors (Lipinski definition) is 8. The lowest BCUT2D eigenvalue weighted by Crippen LogP contribution is -2.47. The zero-order valence-electron chi connectivity index (χ0n) is 13.9. The van der Waals surface area contributed by atoms with Gasteiger partial charge in [-0.2, -0.15) is 4.98 Å². The first-order valence-corrected chi connectivity index (χ1v) is 9.19. The molecule has 0 unspecified atom stereocenters. The number of morpholine rings is 1. The molecule has 8 heteroatoms. The Morgan fingerprint density at radius 1 is 0.958 bits per heavy atom. The molecule has 2 aliphatic rings. The second-order valence-corrected chi connectivity index (χ2v) is 7.26. The van der Waals surface area contributed by atoms with Gasteiger partial charge in [-0.1, -0.05) is 0 Å². The minimum absolute atomic E-state index is 0.769. The van der Waals surface area contributed by atoms with Crippen molar-refractivity contribution >= 4 is 28.2 Å². The number of anilines is 3. The number of nitrogens with zero attached hydrogens (tertiary/aromatic N) is 6. The summed E-state index contributed by atoms with van der Waals surface area (Å²) in [5, 5.41) is 1.12.